The Balaban J connectivity index is 1.98. The largest absolute Gasteiger partial charge is 0.356 e. The number of anilines is 1. The maximum atomic E-state index is 12.4. The molecule has 0 fully saturated rings. The van der Waals surface area contributed by atoms with Crippen LogP contribution in [-0.4, -0.2) is 20.9 Å². The van der Waals surface area contributed by atoms with E-state index >= 15 is 0 Å². The molecule has 0 spiro atoms. The van der Waals surface area contributed by atoms with Gasteiger partial charge in [0.05, 0.1) is 4.90 Å². The van der Waals surface area contributed by atoms with Crippen LogP contribution in [0.5, 0.6) is 0 Å². The Bertz CT molecular complexity index is 798. The zero-order valence-corrected chi connectivity index (χ0v) is 15.4. The molecule has 2 N–H and O–H groups in total. The van der Waals surface area contributed by atoms with Gasteiger partial charge in [0, 0.05) is 18.7 Å². The predicted octanol–water partition coefficient (Wildman–Crippen LogP) is 3.25. The second kappa shape index (κ2) is 8.67. The number of hydrogen-bond donors (Lipinski definition) is 2. The number of sulfonamides is 1. The molecule has 0 radical (unpaired) electrons. The van der Waals surface area contributed by atoms with Gasteiger partial charge in [-0.15, -0.1) is 0 Å². The molecule has 0 aromatic heterocycles. The van der Waals surface area contributed by atoms with Crippen LogP contribution in [0.15, 0.2) is 53.4 Å². The molecule has 6 heteroatoms. The van der Waals surface area contributed by atoms with E-state index in [0.29, 0.717) is 25.1 Å². The molecule has 5 nitrogen and oxygen atoms in total. The maximum Gasteiger partial charge on any atom is 0.261 e. The molecule has 0 atom stereocenters. The van der Waals surface area contributed by atoms with Gasteiger partial charge in [0.2, 0.25) is 5.91 Å². The molecule has 0 saturated heterocycles. The minimum atomic E-state index is -3.62. The van der Waals surface area contributed by atoms with E-state index in [4.69, 9.17) is 0 Å². The minimum absolute atomic E-state index is 0.0135. The highest BCUT2D eigenvalue weighted by Gasteiger charge is 2.14. The van der Waals surface area contributed by atoms with Gasteiger partial charge < -0.3 is 5.32 Å². The van der Waals surface area contributed by atoms with Crippen LogP contribution in [0.1, 0.15) is 30.9 Å². The van der Waals surface area contributed by atoms with Crippen molar-refractivity contribution in [3.63, 3.8) is 0 Å². The number of benzene rings is 2. The first-order valence-corrected chi connectivity index (χ1v) is 9.84. The fourth-order valence-electron chi connectivity index (χ4n) is 2.28. The highest BCUT2D eigenvalue weighted by molar-refractivity contribution is 7.92. The van der Waals surface area contributed by atoms with Gasteiger partial charge in [0.15, 0.2) is 0 Å². The molecular formula is C19H24N2O3S. The van der Waals surface area contributed by atoms with Gasteiger partial charge in [-0.3, -0.25) is 9.52 Å². The molecule has 1 amide bonds. The summed E-state index contributed by atoms with van der Waals surface area (Å²) in [6, 6.07) is 13.8. The van der Waals surface area contributed by atoms with Gasteiger partial charge in [0.1, 0.15) is 0 Å². The second-order valence-electron chi connectivity index (χ2n) is 5.97. The van der Waals surface area contributed by atoms with E-state index in [1.54, 1.807) is 36.4 Å². The molecule has 134 valence electrons. The first-order valence-electron chi connectivity index (χ1n) is 8.36. The van der Waals surface area contributed by atoms with Gasteiger partial charge in [-0.25, -0.2) is 8.42 Å². The van der Waals surface area contributed by atoms with Gasteiger partial charge in [-0.2, -0.15) is 0 Å². The van der Waals surface area contributed by atoms with Crippen molar-refractivity contribution >= 4 is 21.6 Å². The van der Waals surface area contributed by atoms with Crippen molar-refractivity contribution < 1.29 is 13.2 Å². The fraction of sp³-hybridized carbons (Fsp3) is 0.316. The van der Waals surface area contributed by atoms with Gasteiger partial charge in [-0.1, -0.05) is 36.8 Å². The number of carbonyl (C=O) groups is 1. The number of hydrogen-bond acceptors (Lipinski definition) is 3. The molecule has 25 heavy (non-hydrogen) atoms. The molecule has 2 rings (SSSR count). The van der Waals surface area contributed by atoms with Gasteiger partial charge in [0.25, 0.3) is 10.0 Å². The van der Waals surface area contributed by atoms with E-state index in [-0.39, 0.29) is 10.8 Å². The molecule has 2 aromatic rings. The summed E-state index contributed by atoms with van der Waals surface area (Å²) in [6.45, 7) is 4.63. The van der Waals surface area contributed by atoms with E-state index in [1.807, 2.05) is 26.0 Å². The van der Waals surface area contributed by atoms with Crippen LogP contribution < -0.4 is 10.0 Å². The smallest absolute Gasteiger partial charge is 0.261 e. The third-order valence-corrected chi connectivity index (χ3v) is 5.15. The van der Waals surface area contributed by atoms with Crippen molar-refractivity contribution in [3.05, 3.63) is 59.7 Å². The molecule has 0 aliphatic carbocycles. The quantitative estimate of drug-likeness (QED) is 0.759. The lowest BCUT2D eigenvalue weighted by Crippen LogP contribution is -2.24. The first kappa shape index (κ1) is 19.0. The average Bonchev–Trinajstić information content (AvgIpc) is 2.60. The van der Waals surface area contributed by atoms with Crippen molar-refractivity contribution in [1.82, 2.24) is 5.32 Å². The Morgan fingerprint density at radius 2 is 1.64 bits per heavy atom. The summed E-state index contributed by atoms with van der Waals surface area (Å²) in [5.41, 5.74) is 2.53. The molecule has 0 heterocycles. The van der Waals surface area contributed by atoms with Crippen molar-refractivity contribution in [2.45, 2.75) is 38.0 Å². The summed E-state index contributed by atoms with van der Waals surface area (Å²) < 4.78 is 27.4. The number of rotatable bonds is 8. The standard InChI is InChI=1S/C19H24N2O3S/c1-3-14-20-19(22)13-8-16-6-11-18(12-7-16)25(23,24)21-17-9-4-15(2)5-10-17/h4-7,9-12,21H,3,8,13-14H2,1-2H3,(H,20,22). The normalized spacial score (nSPS) is 11.1. The van der Waals surface area contributed by atoms with Crippen LogP contribution in [-0.2, 0) is 21.2 Å². The summed E-state index contributed by atoms with van der Waals surface area (Å²) in [7, 11) is -3.62. The van der Waals surface area contributed by atoms with Crippen molar-refractivity contribution in [2.24, 2.45) is 0 Å². The third kappa shape index (κ3) is 5.90. The topological polar surface area (TPSA) is 75.3 Å². The van der Waals surface area contributed by atoms with Crippen molar-refractivity contribution in [1.29, 1.82) is 0 Å². The van der Waals surface area contributed by atoms with Crippen LogP contribution in [0, 0.1) is 6.92 Å². The SMILES string of the molecule is CCCNC(=O)CCc1ccc(S(=O)(=O)Nc2ccc(C)cc2)cc1. The maximum absolute atomic E-state index is 12.4. The van der Waals surface area contributed by atoms with Crippen LogP contribution in [0.2, 0.25) is 0 Å². The molecular weight excluding hydrogens is 336 g/mol. The number of nitrogens with one attached hydrogen (secondary N) is 2. The lowest BCUT2D eigenvalue weighted by Gasteiger charge is -2.09. The Hall–Kier alpha value is -2.34. The zero-order chi connectivity index (χ0) is 18.3. The van der Waals surface area contributed by atoms with E-state index < -0.39 is 10.0 Å². The minimum Gasteiger partial charge on any atom is -0.356 e. The summed E-state index contributed by atoms with van der Waals surface area (Å²) in [5.74, 6) is 0.0135. The Labute approximate surface area is 149 Å². The molecule has 0 aliphatic rings. The third-order valence-electron chi connectivity index (χ3n) is 3.75. The van der Waals surface area contributed by atoms with Crippen LogP contribution in [0.25, 0.3) is 0 Å². The van der Waals surface area contributed by atoms with E-state index in [1.165, 1.54) is 0 Å². The van der Waals surface area contributed by atoms with E-state index in [0.717, 1.165) is 17.5 Å². The second-order valence-corrected chi connectivity index (χ2v) is 7.65. The van der Waals surface area contributed by atoms with Gasteiger partial charge in [-0.05, 0) is 49.6 Å². The summed E-state index contributed by atoms with van der Waals surface area (Å²) in [6.07, 6.45) is 1.89. The molecule has 0 unspecified atom stereocenters. The number of amides is 1. The summed E-state index contributed by atoms with van der Waals surface area (Å²) in [4.78, 5) is 11.8. The van der Waals surface area contributed by atoms with Crippen molar-refractivity contribution in [2.75, 3.05) is 11.3 Å². The van der Waals surface area contributed by atoms with Gasteiger partial charge >= 0.3 is 0 Å². The lowest BCUT2D eigenvalue weighted by molar-refractivity contribution is -0.121. The number of carbonyl (C=O) groups excluding carboxylic acids is 1. The van der Waals surface area contributed by atoms with E-state index in [9.17, 15) is 13.2 Å². The Morgan fingerprint density at radius 1 is 1.00 bits per heavy atom. The summed E-state index contributed by atoms with van der Waals surface area (Å²) in [5, 5.41) is 2.82. The number of aryl methyl sites for hydroxylation is 2. The zero-order valence-electron chi connectivity index (χ0n) is 14.6. The molecule has 0 saturated carbocycles. The van der Waals surface area contributed by atoms with Crippen LogP contribution >= 0.6 is 0 Å². The Morgan fingerprint density at radius 3 is 2.24 bits per heavy atom. The Kier molecular flexibility index (Phi) is 6.58. The molecule has 2 aromatic carbocycles. The molecule has 0 aliphatic heterocycles. The van der Waals surface area contributed by atoms with E-state index in [2.05, 4.69) is 10.0 Å². The summed E-state index contributed by atoms with van der Waals surface area (Å²) >= 11 is 0. The average molecular weight is 360 g/mol. The first-order chi connectivity index (χ1) is 11.9. The van der Waals surface area contributed by atoms with Crippen LogP contribution in [0.3, 0.4) is 0 Å². The van der Waals surface area contributed by atoms with Crippen LogP contribution in [0.4, 0.5) is 5.69 Å². The highest BCUT2D eigenvalue weighted by Crippen LogP contribution is 2.17. The van der Waals surface area contributed by atoms with Crippen molar-refractivity contribution in [3.8, 4) is 0 Å². The lowest BCUT2D eigenvalue weighted by atomic mass is 10.1. The fourth-order valence-corrected chi connectivity index (χ4v) is 3.34. The molecule has 0 bridgehead atoms. The highest BCUT2D eigenvalue weighted by atomic mass is 32.2. The predicted molar refractivity (Wildman–Crippen MR) is 100 cm³/mol. The monoisotopic (exact) mass is 360 g/mol.